The Kier molecular flexibility index (Phi) is 5.46. The number of phenolic OH excluding ortho intramolecular Hbond substituents is 1. The second-order valence-corrected chi connectivity index (χ2v) is 6.68. The molecule has 1 aromatic carbocycles. The van der Waals surface area contributed by atoms with Crippen molar-refractivity contribution in [1.82, 2.24) is 15.1 Å². The second kappa shape index (κ2) is 7.96. The minimum Gasteiger partial charge on any atom is -0.507 e. The second-order valence-electron chi connectivity index (χ2n) is 6.68. The number of anilines is 1. The number of nitrogens with zero attached hydrogens (tertiary/aromatic N) is 3. The third-order valence-electron chi connectivity index (χ3n) is 4.62. The molecule has 2 aromatic rings. The molecule has 5 N–H and O–H groups in total. The van der Waals surface area contributed by atoms with Crippen molar-refractivity contribution in [2.45, 2.75) is 32.7 Å². The number of aromatic nitrogens is 2. The molecule has 0 amide bonds. The van der Waals surface area contributed by atoms with Crippen molar-refractivity contribution >= 4 is 11.8 Å². The van der Waals surface area contributed by atoms with Crippen molar-refractivity contribution in [2.24, 2.45) is 5.73 Å². The van der Waals surface area contributed by atoms with E-state index in [4.69, 9.17) is 11.1 Å². The summed E-state index contributed by atoms with van der Waals surface area (Å²) in [5, 5.41) is 29.9. The summed E-state index contributed by atoms with van der Waals surface area (Å²) in [6.45, 7) is 5.19. The molecule has 1 aromatic heterocycles. The fourth-order valence-corrected chi connectivity index (χ4v) is 3.30. The summed E-state index contributed by atoms with van der Waals surface area (Å²) in [5.74, 6) is 6.66. The van der Waals surface area contributed by atoms with Gasteiger partial charge in [0.15, 0.2) is 5.96 Å². The van der Waals surface area contributed by atoms with E-state index in [1.165, 1.54) is 0 Å². The fraction of sp³-hybridized carbons (Fsp3) is 0.350. The average molecular weight is 364 g/mol. The molecule has 0 aliphatic carbocycles. The zero-order chi connectivity index (χ0) is 19.4. The van der Waals surface area contributed by atoms with E-state index < -0.39 is 0 Å². The summed E-state index contributed by atoms with van der Waals surface area (Å²) >= 11 is 0. The number of benzene rings is 1. The summed E-state index contributed by atoms with van der Waals surface area (Å²) in [6, 6.07) is 7.40. The zero-order valence-electron chi connectivity index (χ0n) is 15.6. The lowest BCUT2D eigenvalue weighted by Crippen LogP contribution is -2.47. The lowest BCUT2D eigenvalue weighted by Gasteiger charge is -2.33. The van der Waals surface area contributed by atoms with Gasteiger partial charge < -0.3 is 21.1 Å². The van der Waals surface area contributed by atoms with Gasteiger partial charge in [0.25, 0.3) is 0 Å². The van der Waals surface area contributed by atoms with E-state index in [9.17, 15) is 5.11 Å². The maximum absolute atomic E-state index is 10.3. The third kappa shape index (κ3) is 4.29. The van der Waals surface area contributed by atoms with Crippen LogP contribution in [0, 0.1) is 24.2 Å². The molecule has 140 valence electrons. The number of rotatable bonds is 3. The van der Waals surface area contributed by atoms with Crippen LogP contribution in [0.4, 0.5) is 5.82 Å². The molecule has 27 heavy (non-hydrogen) atoms. The van der Waals surface area contributed by atoms with E-state index in [0.29, 0.717) is 23.6 Å². The van der Waals surface area contributed by atoms with Crippen molar-refractivity contribution in [2.75, 3.05) is 18.4 Å². The van der Waals surface area contributed by atoms with Gasteiger partial charge in [0.05, 0.1) is 5.69 Å². The maximum Gasteiger partial charge on any atom is 0.188 e. The van der Waals surface area contributed by atoms with Crippen LogP contribution in [0.2, 0.25) is 0 Å². The first kappa shape index (κ1) is 18.5. The van der Waals surface area contributed by atoms with Crippen LogP contribution in [0.25, 0.3) is 11.3 Å². The number of aryl methyl sites for hydroxylation is 1. The molecule has 1 atom stereocenters. The zero-order valence-corrected chi connectivity index (χ0v) is 15.6. The highest BCUT2D eigenvalue weighted by Crippen LogP contribution is 2.31. The number of guanidine groups is 1. The SMILES string of the molecule is CC#Cc1ccc(-c2nnc(N[C@@H]3CCCN(C(=N)N)C3)cc2C)c(O)c1. The number of likely N-dealkylation sites (tertiary alicyclic amines) is 1. The Balaban J connectivity index is 1.78. The molecule has 1 saturated heterocycles. The lowest BCUT2D eigenvalue weighted by molar-refractivity contribution is 0.316. The minimum absolute atomic E-state index is 0.103. The summed E-state index contributed by atoms with van der Waals surface area (Å²) in [6.07, 6.45) is 1.97. The molecule has 1 aliphatic rings. The molecule has 3 rings (SSSR count). The lowest BCUT2D eigenvalue weighted by atomic mass is 10.0. The quantitative estimate of drug-likeness (QED) is 0.378. The molecular weight excluding hydrogens is 340 g/mol. The number of hydrogen-bond acceptors (Lipinski definition) is 5. The van der Waals surface area contributed by atoms with Crippen molar-refractivity contribution < 1.29 is 5.11 Å². The number of nitrogens with one attached hydrogen (secondary N) is 2. The molecule has 0 bridgehead atoms. The monoisotopic (exact) mass is 364 g/mol. The van der Waals surface area contributed by atoms with Crippen LogP contribution in [0.15, 0.2) is 24.3 Å². The van der Waals surface area contributed by atoms with Gasteiger partial charge in [-0.3, -0.25) is 5.41 Å². The molecular formula is C20H24N6O. The van der Waals surface area contributed by atoms with Gasteiger partial charge in [0.1, 0.15) is 11.6 Å². The minimum atomic E-state index is 0.103. The first-order valence-corrected chi connectivity index (χ1v) is 8.94. The fourth-order valence-electron chi connectivity index (χ4n) is 3.30. The van der Waals surface area contributed by atoms with Gasteiger partial charge >= 0.3 is 0 Å². The van der Waals surface area contributed by atoms with E-state index >= 15 is 0 Å². The van der Waals surface area contributed by atoms with E-state index in [2.05, 4.69) is 27.4 Å². The predicted molar refractivity (Wildman–Crippen MR) is 107 cm³/mol. The van der Waals surface area contributed by atoms with Gasteiger partial charge in [-0.15, -0.1) is 16.1 Å². The van der Waals surface area contributed by atoms with Crippen molar-refractivity contribution in [1.29, 1.82) is 5.41 Å². The van der Waals surface area contributed by atoms with Gasteiger partial charge in [-0.05, 0) is 56.5 Å². The Hall–Kier alpha value is -3.27. The van der Waals surface area contributed by atoms with Crippen molar-refractivity contribution in [3.8, 4) is 28.8 Å². The van der Waals surface area contributed by atoms with Gasteiger partial charge in [0.2, 0.25) is 0 Å². The summed E-state index contributed by atoms with van der Waals surface area (Å²) in [5.41, 5.74) is 8.54. The smallest absolute Gasteiger partial charge is 0.188 e. The van der Waals surface area contributed by atoms with Gasteiger partial charge in [0, 0.05) is 30.3 Å². The molecule has 1 fully saturated rings. The summed E-state index contributed by atoms with van der Waals surface area (Å²) in [4.78, 5) is 1.86. The van der Waals surface area contributed by atoms with E-state index in [0.717, 1.165) is 30.5 Å². The highest BCUT2D eigenvalue weighted by Gasteiger charge is 2.21. The molecule has 0 spiro atoms. The van der Waals surface area contributed by atoms with Crippen molar-refractivity contribution in [3.63, 3.8) is 0 Å². The molecule has 0 radical (unpaired) electrons. The highest BCUT2D eigenvalue weighted by atomic mass is 16.3. The Morgan fingerprint density at radius 3 is 2.85 bits per heavy atom. The van der Waals surface area contributed by atoms with E-state index in [1.807, 2.05) is 30.0 Å². The van der Waals surface area contributed by atoms with Crippen LogP contribution in [-0.2, 0) is 0 Å². The molecule has 0 unspecified atom stereocenters. The molecule has 1 aliphatic heterocycles. The largest absolute Gasteiger partial charge is 0.507 e. The Morgan fingerprint density at radius 1 is 1.37 bits per heavy atom. The number of hydrogen-bond donors (Lipinski definition) is 4. The standard InChI is InChI=1S/C20H24N6O/c1-3-5-14-7-8-16(17(27)11-14)19-13(2)10-18(24-25-19)23-15-6-4-9-26(12-15)20(21)22/h7-8,10-11,15,27H,4,6,9,12H2,1-2H3,(H3,21,22)(H,23,24)/t15-/m1/s1. The summed E-state index contributed by atoms with van der Waals surface area (Å²) < 4.78 is 0. The van der Waals surface area contributed by atoms with Crippen LogP contribution in [0.5, 0.6) is 5.75 Å². The number of aromatic hydroxyl groups is 1. The topological polar surface area (TPSA) is 111 Å². The van der Waals surface area contributed by atoms with Gasteiger partial charge in [-0.25, -0.2) is 0 Å². The third-order valence-corrected chi connectivity index (χ3v) is 4.62. The Morgan fingerprint density at radius 2 is 2.19 bits per heavy atom. The average Bonchev–Trinajstić information content (AvgIpc) is 2.63. The van der Waals surface area contributed by atoms with Crippen molar-refractivity contribution in [3.05, 3.63) is 35.4 Å². The summed E-state index contributed by atoms with van der Waals surface area (Å²) in [7, 11) is 0. The van der Waals surface area contributed by atoms with Crippen LogP contribution in [-0.4, -0.2) is 45.3 Å². The number of piperidine rings is 1. The van der Waals surface area contributed by atoms with Crippen LogP contribution >= 0.6 is 0 Å². The van der Waals surface area contributed by atoms with Crippen LogP contribution in [0.3, 0.4) is 0 Å². The van der Waals surface area contributed by atoms with Gasteiger partial charge in [-0.2, -0.15) is 0 Å². The first-order chi connectivity index (χ1) is 13.0. The highest BCUT2D eigenvalue weighted by molar-refractivity contribution is 5.75. The molecule has 7 heteroatoms. The van der Waals surface area contributed by atoms with E-state index in [-0.39, 0.29) is 17.8 Å². The Bertz CT molecular complexity index is 914. The molecule has 2 heterocycles. The number of nitrogens with two attached hydrogens (primary N) is 1. The predicted octanol–water partition coefficient (Wildman–Crippen LogP) is 2.30. The van der Waals surface area contributed by atoms with E-state index in [1.54, 1.807) is 13.0 Å². The number of phenols is 1. The Labute approximate surface area is 159 Å². The molecule has 0 saturated carbocycles. The normalized spacial score (nSPS) is 16.4. The van der Waals surface area contributed by atoms with Crippen LogP contribution in [0.1, 0.15) is 30.9 Å². The van der Waals surface area contributed by atoms with Gasteiger partial charge in [-0.1, -0.05) is 5.92 Å². The maximum atomic E-state index is 10.3. The molecule has 7 nitrogen and oxygen atoms in total. The van der Waals surface area contributed by atoms with Crippen LogP contribution < -0.4 is 11.1 Å². The first-order valence-electron chi connectivity index (χ1n) is 8.94.